The summed E-state index contributed by atoms with van der Waals surface area (Å²) in [7, 11) is 0. The number of nitrogens with one attached hydrogen (secondary N) is 1. The minimum absolute atomic E-state index is 0.0684. The van der Waals surface area contributed by atoms with Crippen molar-refractivity contribution in [2.45, 2.75) is 77.3 Å². The van der Waals surface area contributed by atoms with Crippen LogP contribution in [0.15, 0.2) is 18.2 Å². The van der Waals surface area contributed by atoms with Gasteiger partial charge in [0.25, 0.3) is 0 Å². The Hall–Kier alpha value is -1.95. The highest BCUT2D eigenvalue weighted by molar-refractivity contribution is 5.94. The van der Waals surface area contributed by atoms with Gasteiger partial charge < -0.3 is 15.0 Å². The molecule has 5 atom stereocenters. The Morgan fingerprint density at radius 2 is 2.03 bits per heavy atom. The van der Waals surface area contributed by atoms with E-state index in [0.717, 1.165) is 57.5 Å². The fraction of sp³-hybridized carbons (Fsp3) is 0.724. The second kappa shape index (κ2) is 10.2. The molecule has 192 valence electrons. The standard InChI is InChI=1S/C29H41FN2O3/c1-3-31-28(34)25-18-26(33)29(2)12-9-23-22-8-6-21(17-19(22)5-7-24(23)27(25)29)35-16-4-13-32-14-10-20(30)11-15-32/h6,8,17,20,23-25,27H,3-5,7,9-16,18H2,1-2H3,(H,31,34). The molecule has 5 rings (SSSR count). The highest BCUT2D eigenvalue weighted by atomic mass is 19.1. The van der Waals surface area contributed by atoms with E-state index in [-0.39, 0.29) is 23.2 Å². The first-order valence-corrected chi connectivity index (χ1v) is 13.8. The van der Waals surface area contributed by atoms with Crippen LogP contribution in [0.5, 0.6) is 5.75 Å². The molecule has 0 bridgehead atoms. The largest absolute Gasteiger partial charge is 0.494 e. The number of ketones is 1. The molecule has 0 spiro atoms. The summed E-state index contributed by atoms with van der Waals surface area (Å²) in [6, 6.07) is 6.56. The van der Waals surface area contributed by atoms with Gasteiger partial charge in [-0.05, 0) is 92.9 Å². The lowest BCUT2D eigenvalue weighted by Crippen LogP contribution is -2.46. The van der Waals surface area contributed by atoms with Crippen molar-refractivity contribution in [2.24, 2.45) is 23.2 Å². The van der Waals surface area contributed by atoms with Crippen LogP contribution in [-0.4, -0.2) is 55.5 Å². The number of halogens is 1. The molecule has 1 aromatic rings. The van der Waals surface area contributed by atoms with E-state index in [4.69, 9.17) is 4.74 Å². The van der Waals surface area contributed by atoms with Crippen molar-refractivity contribution < 1.29 is 18.7 Å². The number of hydrogen-bond donors (Lipinski definition) is 1. The maximum Gasteiger partial charge on any atom is 0.223 e. The summed E-state index contributed by atoms with van der Waals surface area (Å²) in [5.41, 5.74) is 2.42. The maximum atomic E-state index is 13.3. The number of piperidine rings is 1. The van der Waals surface area contributed by atoms with E-state index in [1.165, 1.54) is 11.1 Å². The van der Waals surface area contributed by atoms with Crippen molar-refractivity contribution in [1.82, 2.24) is 10.2 Å². The molecule has 1 heterocycles. The molecule has 4 aliphatic rings. The monoisotopic (exact) mass is 484 g/mol. The number of ether oxygens (including phenoxy) is 1. The topological polar surface area (TPSA) is 58.6 Å². The third kappa shape index (κ3) is 4.75. The molecular weight excluding hydrogens is 443 g/mol. The van der Waals surface area contributed by atoms with Crippen molar-refractivity contribution >= 4 is 11.7 Å². The number of rotatable bonds is 7. The van der Waals surface area contributed by atoms with Crippen molar-refractivity contribution in [3.63, 3.8) is 0 Å². The molecule has 0 aromatic heterocycles. The molecule has 5 unspecified atom stereocenters. The zero-order valence-electron chi connectivity index (χ0n) is 21.4. The van der Waals surface area contributed by atoms with Gasteiger partial charge in [0, 0.05) is 43.9 Å². The van der Waals surface area contributed by atoms with E-state index < -0.39 is 6.17 Å². The zero-order chi connectivity index (χ0) is 24.6. The number of hydrogen-bond acceptors (Lipinski definition) is 4. The Bertz CT molecular complexity index is 944. The molecule has 0 radical (unpaired) electrons. The number of carbonyl (C=O) groups is 2. The average Bonchev–Trinajstić information content (AvgIpc) is 3.13. The highest BCUT2D eigenvalue weighted by Crippen LogP contribution is 2.61. The number of benzene rings is 1. The quantitative estimate of drug-likeness (QED) is 0.571. The number of fused-ring (bicyclic) bond motifs is 5. The second-order valence-electron chi connectivity index (χ2n) is 11.5. The third-order valence-corrected chi connectivity index (χ3v) is 9.52. The molecule has 3 fully saturated rings. The summed E-state index contributed by atoms with van der Waals surface area (Å²) < 4.78 is 19.4. The van der Waals surface area contributed by atoms with Gasteiger partial charge in [-0.15, -0.1) is 0 Å². The molecular formula is C29H41FN2O3. The molecule has 2 saturated carbocycles. The van der Waals surface area contributed by atoms with Gasteiger partial charge in [-0.1, -0.05) is 13.0 Å². The lowest BCUT2D eigenvalue weighted by atomic mass is 9.54. The molecule has 35 heavy (non-hydrogen) atoms. The van der Waals surface area contributed by atoms with Crippen LogP contribution in [0.3, 0.4) is 0 Å². The lowest BCUT2D eigenvalue weighted by molar-refractivity contribution is -0.130. The number of nitrogens with zero attached hydrogens (tertiary/aromatic N) is 1. The van der Waals surface area contributed by atoms with Crippen molar-refractivity contribution in [3.05, 3.63) is 29.3 Å². The molecule has 3 aliphatic carbocycles. The molecule has 1 aromatic carbocycles. The number of Topliss-reactive ketones (excluding diaryl/α,β-unsaturated/α-hetero) is 1. The van der Waals surface area contributed by atoms with Crippen LogP contribution >= 0.6 is 0 Å². The first-order chi connectivity index (χ1) is 16.9. The van der Waals surface area contributed by atoms with Crippen LogP contribution in [0.4, 0.5) is 4.39 Å². The first kappa shape index (κ1) is 24.7. The van der Waals surface area contributed by atoms with Crippen molar-refractivity contribution in [3.8, 4) is 5.75 Å². The zero-order valence-corrected chi connectivity index (χ0v) is 21.4. The Labute approximate surface area is 209 Å². The predicted octanol–water partition coefficient (Wildman–Crippen LogP) is 4.68. The van der Waals surface area contributed by atoms with E-state index in [0.29, 0.717) is 50.0 Å². The second-order valence-corrected chi connectivity index (χ2v) is 11.5. The highest BCUT2D eigenvalue weighted by Gasteiger charge is 2.60. The minimum atomic E-state index is -0.621. The maximum absolute atomic E-state index is 13.3. The summed E-state index contributed by atoms with van der Waals surface area (Å²) >= 11 is 0. The Morgan fingerprint density at radius 1 is 1.23 bits per heavy atom. The van der Waals surface area contributed by atoms with E-state index in [2.05, 4.69) is 35.3 Å². The van der Waals surface area contributed by atoms with Gasteiger partial charge in [-0.25, -0.2) is 4.39 Å². The molecule has 1 aliphatic heterocycles. The number of likely N-dealkylation sites (tertiary alicyclic amines) is 1. The van der Waals surface area contributed by atoms with E-state index >= 15 is 0 Å². The van der Waals surface area contributed by atoms with Gasteiger partial charge in [-0.3, -0.25) is 9.59 Å². The summed E-state index contributed by atoms with van der Waals surface area (Å²) in [5.74, 6) is 2.07. The van der Waals surface area contributed by atoms with E-state index in [9.17, 15) is 14.0 Å². The molecule has 6 heteroatoms. The Kier molecular flexibility index (Phi) is 7.20. The molecule has 1 amide bonds. The van der Waals surface area contributed by atoms with Crippen LogP contribution in [0.2, 0.25) is 0 Å². The number of aryl methyl sites for hydroxylation is 1. The van der Waals surface area contributed by atoms with Crippen LogP contribution in [0, 0.1) is 23.2 Å². The van der Waals surface area contributed by atoms with Crippen LogP contribution in [0.25, 0.3) is 0 Å². The molecule has 1 N–H and O–H groups in total. The number of amides is 1. The number of alkyl halides is 1. The third-order valence-electron chi connectivity index (χ3n) is 9.52. The first-order valence-electron chi connectivity index (χ1n) is 13.8. The summed E-state index contributed by atoms with van der Waals surface area (Å²) in [5, 5.41) is 3.00. The van der Waals surface area contributed by atoms with Crippen molar-refractivity contribution in [1.29, 1.82) is 0 Å². The number of carbonyl (C=O) groups excluding carboxylic acids is 2. The van der Waals surface area contributed by atoms with Gasteiger partial charge in [0.05, 0.1) is 6.61 Å². The van der Waals surface area contributed by atoms with Crippen LogP contribution < -0.4 is 10.1 Å². The molecule has 5 nitrogen and oxygen atoms in total. The summed E-state index contributed by atoms with van der Waals surface area (Å²) in [6.45, 7) is 8.04. The van der Waals surface area contributed by atoms with Crippen LogP contribution in [-0.2, 0) is 16.0 Å². The van der Waals surface area contributed by atoms with Gasteiger partial charge in [0.15, 0.2) is 0 Å². The Morgan fingerprint density at radius 3 is 2.80 bits per heavy atom. The van der Waals surface area contributed by atoms with Crippen LogP contribution in [0.1, 0.15) is 75.8 Å². The van der Waals surface area contributed by atoms with Gasteiger partial charge in [0.1, 0.15) is 17.7 Å². The lowest BCUT2D eigenvalue weighted by Gasteiger charge is -2.49. The average molecular weight is 485 g/mol. The van der Waals surface area contributed by atoms with E-state index in [1.807, 2.05) is 6.92 Å². The van der Waals surface area contributed by atoms with Gasteiger partial charge in [-0.2, -0.15) is 0 Å². The fourth-order valence-corrected chi connectivity index (χ4v) is 7.69. The normalized spacial score (nSPS) is 33.1. The minimum Gasteiger partial charge on any atom is -0.494 e. The summed E-state index contributed by atoms with van der Waals surface area (Å²) in [4.78, 5) is 28.3. The van der Waals surface area contributed by atoms with Crippen molar-refractivity contribution in [2.75, 3.05) is 32.8 Å². The summed E-state index contributed by atoms with van der Waals surface area (Å²) in [6.07, 6.45) is 5.97. The van der Waals surface area contributed by atoms with Gasteiger partial charge >= 0.3 is 0 Å². The molecule has 1 saturated heterocycles. The smallest absolute Gasteiger partial charge is 0.223 e. The van der Waals surface area contributed by atoms with Gasteiger partial charge in [0.2, 0.25) is 5.91 Å². The SMILES string of the molecule is CCNC(=O)C1CC(=O)C2(C)CCC3c4ccc(OCCCN5CCC(F)CC5)cc4CCC3C12. The Balaban J connectivity index is 1.23. The fourth-order valence-electron chi connectivity index (χ4n) is 7.69. The predicted molar refractivity (Wildman–Crippen MR) is 134 cm³/mol. The van der Waals surface area contributed by atoms with E-state index in [1.54, 1.807) is 0 Å².